The summed E-state index contributed by atoms with van der Waals surface area (Å²) in [5.41, 5.74) is 1.17. The van der Waals surface area contributed by atoms with Gasteiger partial charge in [0.2, 0.25) is 0 Å². The minimum absolute atomic E-state index is 0.182. The van der Waals surface area contributed by atoms with Crippen molar-refractivity contribution in [3.8, 4) is 0 Å². The quantitative estimate of drug-likeness (QED) is 0.768. The van der Waals surface area contributed by atoms with Gasteiger partial charge in [-0.25, -0.2) is 0 Å². The Morgan fingerprint density at radius 1 is 1.32 bits per heavy atom. The molecule has 3 heteroatoms. The van der Waals surface area contributed by atoms with Crippen LogP contribution in [0.25, 0.3) is 0 Å². The summed E-state index contributed by atoms with van der Waals surface area (Å²) in [6.45, 7) is 1.28. The highest BCUT2D eigenvalue weighted by Crippen LogP contribution is 2.27. The lowest BCUT2D eigenvalue weighted by Gasteiger charge is -2.16. The van der Waals surface area contributed by atoms with E-state index in [1.807, 2.05) is 30.3 Å². The van der Waals surface area contributed by atoms with Crippen molar-refractivity contribution in [2.75, 3.05) is 6.61 Å². The highest BCUT2D eigenvalue weighted by molar-refractivity contribution is 5.80. The van der Waals surface area contributed by atoms with Crippen LogP contribution in [0.5, 0.6) is 0 Å². The molecule has 0 aromatic heterocycles. The Hall–Kier alpha value is -1.19. The lowest BCUT2D eigenvalue weighted by molar-refractivity contribution is -0.117. The van der Waals surface area contributed by atoms with Gasteiger partial charge in [-0.15, -0.1) is 0 Å². The molecule has 3 nitrogen and oxygen atoms in total. The number of hydrogen-bond acceptors (Lipinski definition) is 3. The van der Waals surface area contributed by atoms with Crippen LogP contribution in [0.4, 0.5) is 0 Å². The second-order valence-corrected chi connectivity index (χ2v) is 5.29. The van der Waals surface area contributed by atoms with Gasteiger partial charge in [-0.3, -0.25) is 4.79 Å². The topological polar surface area (TPSA) is 46.5 Å². The molecule has 0 amide bonds. The van der Waals surface area contributed by atoms with Crippen LogP contribution in [0.1, 0.15) is 37.7 Å². The molecular weight excluding hydrogens is 240 g/mol. The first kappa shape index (κ1) is 14.2. The molecule has 0 saturated heterocycles. The predicted octanol–water partition coefficient (Wildman–Crippen LogP) is 2.71. The van der Waals surface area contributed by atoms with Crippen LogP contribution in [-0.2, 0) is 16.1 Å². The SMILES string of the molecule is O=C1CCC(C(O)CCCOCc2ccccc2)C1. The number of rotatable bonds is 7. The van der Waals surface area contributed by atoms with Crippen molar-refractivity contribution in [1.29, 1.82) is 0 Å². The van der Waals surface area contributed by atoms with Gasteiger partial charge in [0.05, 0.1) is 12.7 Å². The molecule has 0 aliphatic heterocycles. The number of aliphatic hydroxyl groups is 1. The fraction of sp³-hybridized carbons (Fsp3) is 0.562. The van der Waals surface area contributed by atoms with Crippen molar-refractivity contribution in [2.24, 2.45) is 5.92 Å². The van der Waals surface area contributed by atoms with Gasteiger partial charge in [0.25, 0.3) is 0 Å². The van der Waals surface area contributed by atoms with E-state index in [4.69, 9.17) is 4.74 Å². The summed E-state index contributed by atoms with van der Waals surface area (Å²) < 4.78 is 5.58. The van der Waals surface area contributed by atoms with E-state index >= 15 is 0 Å². The molecule has 0 radical (unpaired) electrons. The molecule has 0 spiro atoms. The summed E-state index contributed by atoms with van der Waals surface area (Å²) in [6.07, 6.45) is 3.29. The molecule has 1 aromatic carbocycles. The predicted molar refractivity (Wildman–Crippen MR) is 73.7 cm³/mol. The standard InChI is InChI=1S/C16H22O3/c17-15-9-8-14(11-15)16(18)7-4-10-19-12-13-5-2-1-3-6-13/h1-3,5-6,14,16,18H,4,7-12H2. The third kappa shape index (κ3) is 4.77. The molecule has 2 rings (SSSR count). The van der Waals surface area contributed by atoms with Crippen LogP contribution < -0.4 is 0 Å². The number of carbonyl (C=O) groups is 1. The van der Waals surface area contributed by atoms with Crippen LogP contribution >= 0.6 is 0 Å². The first-order valence-electron chi connectivity index (χ1n) is 7.07. The molecule has 2 atom stereocenters. The van der Waals surface area contributed by atoms with Gasteiger partial charge < -0.3 is 9.84 Å². The van der Waals surface area contributed by atoms with Crippen molar-refractivity contribution in [2.45, 2.75) is 44.8 Å². The van der Waals surface area contributed by atoms with Crippen LogP contribution in [-0.4, -0.2) is 23.6 Å². The maximum absolute atomic E-state index is 11.2. The lowest BCUT2D eigenvalue weighted by Crippen LogP contribution is -2.18. The van der Waals surface area contributed by atoms with Gasteiger partial charge in [0.15, 0.2) is 0 Å². The Balaban J connectivity index is 1.55. The lowest BCUT2D eigenvalue weighted by atomic mass is 9.97. The summed E-state index contributed by atoms with van der Waals surface area (Å²) in [7, 11) is 0. The Labute approximate surface area is 114 Å². The van der Waals surface area contributed by atoms with Gasteiger partial charge in [-0.05, 0) is 30.7 Å². The Kier molecular flexibility index (Phi) is 5.55. The van der Waals surface area contributed by atoms with E-state index in [0.29, 0.717) is 31.8 Å². The first-order valence-corrected chi connectivity index (χ1v) is 7.07. The maximum Gasteiger partial charge on any atom is 0.133 e. The van der Waals surface area contributed by atoms with Crippen LogP contribution in [0.3, 0.4) is 0 Å². The summed E-state index contributed by atoms with van der Waals surface area (Å²) in [5, 5.41) is 9.98. The van der Waals surface area contributed by atoms with E-state index < -0.39 is 0 Å². The van der Waals surface area contributed by atoms with E-state index in [1.54, 1.807) is 0 Å². The van der Waals surface area contributed by atoms with Crippen LogP contribution in [0.2, 0.25) is 0 Å². The average molecular weight is 262 g/mol. The maximum atomic E-state index is 11.2. The van der Waals surface area contributed by atoms with E-state index in [1.165, 1.54) is 5.56 Å². The van der Waals surface area contributed by atoms with Gasteiger partial charge in [0.1, 0.15) is 5.78 Å². The number of carbonyl (C=O) groups excluding carboxylic acids is 1. The number of ether oxygens (including phenoxy) is 1. The monoisotopic (exact) mass is 262 g/mol. The number of hydrogen-bond donors (Lipinski definition) is 1. The Bertz CT molecular complexity index is 388. The van der Waals surface area contributed by atoms with Crippen LogP contribution in [0.15, 0.2) is 30.3 Å². The van der Waals surface area contributed by atoms with Gasteiger partial charge >= 0.3 is 0 Å². The van der Waals surface area contributed by atoms with Crippen molar-refractivity contribution < 1.29 is 14.6 Å². The van der Waals surface area contributed by atoms with E-state index in [2.05, 4.69) is 0 Å². The van der Waals surface area contributed by atoms with E-state index in [-0.39, 0.29) is 12.0 Å². The first-order chi connectivity index (χ1) is 9.25. The van der Waals surface area contributed by atoms with E-state index in [0.717, 1.165) is 19.3 Å². The van der Waals surface area contributed by atoms with Gasteiger partial charge in [-0.2, -0.15) is 0 Å². The summed E-state index contributed by atoms with van der Waals surface area (Å²) in [6, 6.07) is 10.1. The molecular formula is C16H22O3. The zero-order valence-electron chi connectivity index (χ0n) is 11.3. The van der Waals surface area contributed by atoms with Crippen molar-refractivity contribution >= 4 is 5.78 Å². The van der Waals surface area contributed by atoms with Crippen molar-refractivity contribution in [3.63, 3.8) is 0 Å². The van der Waals surface area contributed by atoms with Gasteiger partial charge in [-0.1, -0.05) is 30.3 Å². The van der Waals surface area contributed by atoms with Crippen molar-refractivity contribution in [1.82, 2.24) is 0 Å². The highest BCUT2D eigenvalue weighted by Gasteiger charge is 2.27. The molecule has 1 aliphatic carbocycles. The average Bonchev–Trinajstić information content (AvgIpc) is 2.86. The normalized spacial score (nSPS) is 20.7. The van der Waals surface area contributed by atoms with Crippen molar-refractivity contribution in [3.05, 3.63) is 35.9 Å². The summed E-state index contributed by atoms with van der Waals surface area (Å²) >= 11 is 0. The molecule has 1 aliphatic rings. The van der Waals surface area contributed by atoms with Gasteiger partial charge in [0, 0.05) is 19.4 Å². The number of ketones is 1. The summed E-state index contributed by atoms with van der Waals surface area (Å²) in [5.74, 6) is 0.478. The molecule has 0 heterocycles. The minimum atomic E-state index is -0.341. The molecule has 1 aromatic rings. The molecule has 1 saturated carbocycles. The highest BCUT2D eigenvalue weighted by atomic mass is 16.5. The molecule has 1 fully saturated rings. The minimum Gasteiger partial charge on any atom is -0.393 e. The Morgan fingerprint density at radius 2 is 2.11 bits per heavy atom. The fourth-order valence-corrected chi connectivity index (χ4v) is 2.57. The number of benzene rings is 1. The second kappa shape index (κ2) is 7.41. The number of aliphatic hydroxyl groups excluding tert-OH is 1. The summed E-state index contributed by atoms with van der Waals surface area (Å²) in [4.78, 5) is 11.2. The third-order valence-corrected chi connectivity index (χ3v) is 3.73. The largest absolute Gasteiger partial charge is 0.393 e. The second-order valence-electron chi connectivity index (χ2n) is 5.29. The zero-order valence-corrected chi connectivity index (χ0v) is 11.3. The Morgan fingerprint density at radius 3 is 2.79 bits per heavy atom. The molecule has 2 unspecified atom stereocenters. The van der Waals surface area contributed by atoms with E-state index in [9.17, 15) is 9.90 Å². The molecule has 1 N–H and O–H groups in total. The van der Waals surface area contributed by atoms with Crippen LogP contribution in [0, 0.1) is 5.92 Å². The molecule has 0 bridgehead atoms. The third-order valence-electron chi connectivity index (χ3n) is 3.73. The smallest absolute Gasteiger partial charge is 0.133 e. The zero-order chi connectivity index (χ0) is 13.5. The fourth-order valence-electron chi connectivity index (χ4n) is 2.57. The number of Topliss-reactive ketones (excluding diaryl/α,β-unsaturated/α-hetero) is 1. The molecule has 104 valence electrons. The molecule has 19 heavy (non-hydrogen) atoms.